The second-order valence-corrected chi connectivity index (χ2v) is 5.59. The van der Waals surface area contributed by atoms with Crippen molar-refractivity contribution in [3.05, 3.63) is 58.3 Å². The van der Waals surface area contributed by atoms with Crippen LogP contribution >= 0.6 is 28.6 Å². The maximum atomic E-state index is 13.3. The average Bonchev–Trinajstić information content (AvgIpc) is 2.39. The summed E-state index contributed by atoms with van der Waals surface area (Å²) in [6, 6.07) is 11.2. The van der Waals surface area contributed by atoms with Gasteiger partial charge in [-0.3, -0.25) is 4.79 Å². The Balaban J connectivity index is 2.39. The van der Waals surface area contributed by atoms with E-state index in [1.807, 2.05) is 6.92 Å². The molecule has 20 heavy (non-hydrogen) atoms. The van der Waals surface area contributed by atoms with Crippen molar-refractivity contribution in [2.45, 2.75) is 11.8 Å². The van der Waals surface area contributed by atoms with Crippen LogP contribution in [0.3, 0.4) is 0 Å². The van der Waals surface area contributed by atoms with E-state index in [-0.39, 0.29) is 11.7 Å². The van der Waals surface area contributed by atoms with Crippen molar-refractivity contribution in [1.29, 1.82) is 0 Å². The Kier molecular flexibility index (Phi) is 4.83. The maximum Gasteiger partial charge on any atom is 0.259 e. The molecular formula is C15H13BrFNOS. The first-order valence-electron chi connectivity index (χ1n) is 6.09. The molecule has 5 heteroatoms. The first-order valence-corrected chi connectivity index (χ1v) is 7.33. The molecule has 0 aliphatic heterocycles. The van der Waals surface area contributed by atoms with E-state index in [4.69, 9.17) is 0 Å². The topological polar surface area (TPSA) is 20.3 Å². The van der Waals surface area contributed by atoms with Gasteiger partial charge in [0.05, 0.1) is 5.56 Å². The largest absolute Gasteiger partial charge is 0.309 e. The number of carbonyl (C=O) groups is 1. The summed E-state index contributed by atoms with van der Waals surface area (Å²) in [6.45, 7) is 2.30. The van der Waals surface area contributed by atoms with Gasteiger partial charge in [-0.25, -0.2) is 4.39 Å². The minimum atomic E-state index is -0.365. The lowest BCUT2D eigenvalue weighted by atomic mass is 10.1. The number of hydrogen-bond acceptors (Lipinski definition) is 2. The molecule has 0 radical (unpaired) electrons. The van der Waals surface area contributed by atoms with E-state index >= 15 is 0 Å². The smallest absolute Gasteiger partial charge is 0.259 e. The Labute approximate surface area is 131 Å². The van der Waals surface area contributed by atoms with Gasteiger partial charge in [-0.15, -0.1) is 12.6 Å². The molecular weight excluding hydrogens is 341 g/mol. The lowest BCUT2D eigenvalue weighted by molar-refractivity contribution is 0.0985. The van der Waals surface area contributed by atoms with E-state index in [0.717, 1.165) is 4.47 Å². The molecule has 2 rings (SSSR count). The van der Waals surface area contributed by atoms with Gasteiger partial charge in [0.2, 0.25) is 0 Å². The third kappa shape index (κ3) is 3.22. The quantitative estimate of drug-likeness (QED) is 0.803. The lowest BCUT2D eigenvalue weighted by Crippen LogP contribution is -2.31. The highest BCUT2D eigenvalue weighted by atomic mass is 79.9. The van der Waals surface area contributed by atoms with Gasteiger partial charge in [0.1, 0.15) is 5.82 Å². The molecule has 0 aromatic heterocycles. The summed E-state index contributed by atoms with van der Waals surface area (Å²) in [4.78, 5) is 14.7. The summed E-state index contributed by atoms with van der Waals surface area (Å²) in [7, 11) is 0. The fourth-order valence-corrected chi connectivity index (χ4v) is 2.77. The first-order chi connectivity index (χ1) is 9.52. The monoisotopic (exact) mass is 353 g/mol. The number of nitrogens with zero attached hydrogens (tertiary/aromatic N) is 1. The van der Waals surface area contributed by atoms with E-state index in [1.54, 1.807) is 30.3 Å². The van der Waals surface area contributed by atoms with Crippen LogP contribution in [0, 0.1) is 5.82 Å². The number of thiol groups is 1. The van der Waals surface area contributed by atoms with Crippen molar-refractivity contribution in [3.8, 4) is 0 Å². The molecule has 2 aromatic carbocycles. The number of hydrogen-bond donors (Lipinski definition) is 1. The van der Waals surface area contributed by atoms with Crippen molar-refractivity contribution >= 4 is 40.2 Å². The fourth-order valence-electron chi connectivity index (χ4n) is 1.92. The Bertz CT molecular complexity index is 648. The molecule has 0 saturated carbocycles. The SMILES string of the molecule is CCN(C(=O)c1ccc(Br)cc1S)c1cccc(F)c1. The standard InChI is InChI=1S/C15H13BrFNOS/c1-2-18(12-5-3-4-11(17)9-12)15(19)13-7-6-10(16)8-14(13)20/h3-9,20H,2H2,1H3. The van der Waals surface area contributed by atoms with Crippen LogP contribution in [0.15, 0.2) is 51.8 Å². The van der Waals surface area contributed by atoms with Crippen molar-refractivity contribution in [2.75, 3.05) is 11.4 Å². The highest BCUT2D eigenvalue weighted by molar-refractivity contribution is 9.10. The molecule has 0 bridgehead atoms. The zero-order valence-electron chi connectivity index (χ0n) is 10.8. The van der Waals surface area contributed by atoms with Crippen molar-refractivity contribution in [2.24, 2.45) is 0 Å². The number of halogens is 2. The number of carbonyl (C=O) groups excluding carboxylic acids is 1. The van der Waals surface area contributed by atoms with E-state index < -0.39 is 0 Å². The Morgan fingerprint density at radius 1 is 1.30 bits per heavy atom. The molecule has 0 heterocycles. The molecule has 0 aliphatic carbocycles. The van der Waals surface area contributed by atoms with Crippen LogP contribution in [0.1, 0.15) is 17.3 Å². The number of amides is 1. The zero-order chi connectivity index (χ0) is 14.7. The normalized spacial score (nSPS) is 10.4. The van der Waals surface area contributed by atoms with Crippen LogP contribution in [0.25, 0.3) is 0 Å². The molecule has 0 saturated heterocycles. The van der Waals surface area contributed by atoms with Crippen LogP contribution in [-0.2, 0) is 0 Å². The Hall–Kier alpha value is -1.33. The molecule has 2 aromatic rings. The average molecular weight is 354 g/mol. The van der Waals surface area contributed by atoms with Gasteiger partial charge in [0.25, 0.3) is 5.91 Å². The van der Waals surface area contributed by atoms with Crippen LogP contribution < -0.4 is 4.90 Å². The third-order valence-corrected chi connectivity index (χ3v) is 3.73. The van der Waals surface area contributed by atoms with E-state index in [1.165, 1.54) is 17.0 Å². The second-order valence-electron chi connectivity index (χ2n) is 4.19. The molecule has 104 valence electrons. The van der Waals surface area contributed by atoms with Gasteiger partial charge in [-0.1, -0.05) is 22.0 Å². The van der Waals surface area contributed by atoms with Crippen LogP contribution in [0.5, 0.6) is 0 Å². The van der Waals surface area contributed by atoms with Crippen molar-refractivity contribution in [3.63, 3.8) is 0 Å². The minimum Gasteiger partial charge on any atom is -0.309 e. The summed E-state index contributed by atoms with van der Waals surface area (Å²) >= 11 is 7.65. The Morgan fingerprint density at radius 3 is 2.65 bits per heavy atom. The number of benzene rings is 2. The Morgan fingerprint density at radius 2 is 2.05 bits per heavy atom. The fraction of sp³-hybridized carbons (Fsp3) is 0.133. The van der Waals surface area contributed by atoms with E-state index in [9.17, 15) is 9.18 Å². The summed E-state index contributed by atoms with van der Waals surface area (Å²) in [5.41, 5.74) is 1.02. The molecule has 0 aliphatic rings. The predicted octanol–water partition coefficient (Wildman–Crippen LogP) is 4.54. The molecule has 0 spiro atoms. The zero-order valence-corrected chi connectivity index (χ0v) is 13.3. The van der Waals surface area contributed by atoms with Gasteiger partial charge < -0.3 is 4.90 Å². The number of rotatable bonds is 3. The second kappa shape index (κ2) is 6.41. The lowest BCUT2D eigenvalue weighted by Gasteiger charge is -2.22. The summed E-state index contributed by atoms with van der Waals surface area (Å²) in [5.74, 6) is -0.564. The highest BCUT2D eigenvalue weighted by Gasteiger charge is 2.18. The van der Waals surface area contributed by atoms with E-state index in [2.05, 4.69) is 28.6 Å². The van der Waals surface area contributed by atoms with Gasteiger partial charge in [0, 0.05) is 21.6 Å². The predicted molar refractivity (Wildman–Crippen MR) is 85.1 cm³/mol. The van der Waals surface area contributed by atoms with Crippen LogP contribution in [0.2, 0.25) is 0 Å². The van der Waals surface area contributed by atoms with Crippen molar-refractivity contribution < 1.29 is 9.18 Å². The van der Waals surface area contributed by atoms with Crippen LogP contribution in [-0.4, -0.2) is 12.5 Å². The van der Waals surface area contributed by atoms with E-state index in [0.29, 0.717) is 22.7 Å². The van der Waals surface area contributed by atoms with Crippen LogP contribution in [0.4, 0.5) is 10.1 Å². The summed E-state index contributed by atoms with van der Waals surface area (Å²) in [5, 5.41) is 0. The summed E-state index contributed by atoms with van der Waals surface area (Å²) < 4.78 is 14.2. The van der Waals surface area contributed by atoms with Crippen molar-refractivity contribution in [1.82, 2.24) is 0 Å². The molecule has 0 atom stereocenters. The minimum absolute atomic E-state index is 0.199. The number of anilines is 1. The third-order valence-electron chi connectivity index (χ3n) is 2.87. The molecule has 1 amide bonds. The molecule has 2 nitrogen and oxygen atoms in total. The maximum absolute atomic E-state index is 13.3. The van der Waals surface area contributed by atoms with Gasteiger partial charge in [-0.2, -0.15) is 0 Å². The van der Waals surface area contributed by atoms with Gasteiger partial charge in [-0.05, 0) is 43.3 Å². The molecule has 0 fully saturated rings. The first kappa shape index (κ1) is 15.1. The molecule has 0 N–H and O–H groups in total. The van der Waals surface area contributed by atoms with Gasteiger partial charge in [0.15, 0.2) is 0 Å². The summed E-state index contributed by atoms with van der Waals surface area (Å²) in [6.07, 6.45) is 0. The van der Waals surface area contributed by atoms with Gasteiger partial charge >= 0.3 is 0 Å². The highest BCUT2D eigenvalue weighted by Crippen LogP contribution is 2.24. The molecule has 0 unspecified atom stereocenters.